The molecule has 2 atom stereocenters. The van der Waals surface area contributed by atoms with Crippen molar-refractivity contribution in [2.45, 2.75) is 31.5 Å². The summed E-state index contributed by atoms with van der Waals surface area (Å²) in [6.07, 6.45) is -2.01. The highest BCUT2D eigenvalue weighted by atomic mass is 19.4. The van der Waals surface area contributed by atoms with Crippen LogP contribution in [-0.4, -0.2) is 26.2 Å². The van der Waals surface area contributed by atoms with Crippen molar-refractivity contribution in [2.24, 2.45) is 5.92 Å². The van der Waals surface area contributed by atoms with Crippen LogP contribution < -0.4 is 15.5 Å². The summed E-state index contributed by atoms with van der Waals surface area (Å²) >= 11 is 0. The maximum atomic E-state index is 12.7. The average Bonchev–Trinajstić information content (AvgIpc) is 3.15. The molecule has 1 fully saturated rings. The van der Waals surface area contributed by atoms with E-state index < -0.39 is 11.7 Å². The lowest BCUT2D eigenvalue weighted by molar-refractivity contribution is -0.137. The van der Waals surface area contributed by atoms with E-state index in [9.17, 15) is 13.2 Å². The highest BCUT2D eigenvalue weighted by Crippen LogP contribution is 2.45. The van der Waals surface area contributed by atoms with Gasteiger partial charge in [-0.1, -0.05) is 12.1 Å². The molecule has 0 aromatic heterocycles. The Morgan fingerprint density at radius 3 is 2.71 bits per heavy atom. The Kier molecular flexibility index (Phi) is 4.27. The molecular weight excluding hydrogens is 363 g/mol. The Bertz CT molecular complexity index is 876. The van der Waals surface area contributed by atoms with Crippen molar-refractivity contribution in [3.63, 3.8) is 0 Å². The molecule has 0 amide bonds. The Balaban J connectivity index is 1.39. The molecule has 2 aromatic carbocycles. The first-order chi connectivity index (χ1) is 13.5. The van der Waals surface area contributed by atoms with Crippen LogP contribution in [0.4, 0.5) is 24.5 Å². The Labute approximate surface area is 162 Å². The van der Waals surface area contributed by atoms with Gasteiger partial charge in [0.2, 0.25) is 0 Å². The molecule has 1 saturated heterocycles. The zero-order valence-electron chi connectivity index (χ0n) is 15.6. The largest absolute Gasteiger partial charge is 0.416 e. The van der Waals surface area contributed by atoms with E-state index >= 15 is 0 Å². The summed E-state index contributed by atoms with van der Waals surface area (Å²) in [6.45, 7) is 4.93. The fourth-order valence-corrected chi connectivity index (χ4v) is 5.02. The first-order valence-electron chi connectivity index (χ1n) is 10.0. The van der Waals surface area contributed by atoms with Crippen molar-refractivity contribution < 1.29 is 13.2 Å². The van der Waals surface area contributed by atoms with Gasteiger partial charge in [-0.05, 0) is 59.7 Å². The van der Waals surface area contributed by atoms with Crippen LogP contribution in [0, 0.1) is 5.92 Å². The predicted molar refractivity (Wildman–Crippen MR) is 105 cm³/mol. The summed E-state index contributed by atoms with van der Waals surface area (Å²) < 4.78 is 38.2. The van der Waals surface area contributed by atoms with Gasteiger partial charge in [-0.3, -0.25) is 0 Å². The van der Waals surface area contributed by atoms with Crippen molar-refractivity contribution in [1.82, 2.24) is 5.32 Å². The van der Waals surface area contributed by atoms with E-state index in [0.717, 1.165) is 56.0 Å². The minimum atomic E-state index is -4.29. The first kappa shape index (κ1) is 17.9. The van der Waals surface area contributed by atoms with E-state index in [2.05, 4.69) is 27.7 Å². The van der Waals surface area contributed by atoms with Gasteiger partial charge in [0.25, 0.3) is 0 Å². The van der Waals surface area contributed by atoms with Crippen LogP contribution >= 0.6 is 0 Å². The smallest absolute Gasteiger partial charge is 0.381 e. The topological polar surface area (TPSA) is 27.3 Å². The van der Waals surface area contributed by atoms with Crippen LogP contribution in [0.2, 0.25) is 0 Å². The van der Waals surface area contributed by atoms with Gasteiger partial charge in [-0.15, -0.1) is 0 Å². The summed E-state index contributed by atoms with van der Waals surface area (Å²) in [4.78, 5) is 2.56. The fourth-order valence-electron chi connectivity index (χ4n) is 5.02. The van der Waals surface area contributed by atoms with Crippen molar-refractivity contribution in [2.75, 3.05) is 36.4 Å². The quantitative estimate of drug-likeness (QED) is 0.818. The number of halogens is 3. The Morgan fingerprint density at radius 1 is 1.11 bits per heavy atom. The molecule has 2 aromatic rings. The number of aryl methyl sites for hydroxylation is 1. The summed E-state index contributed by atoms with van der Waals surface area (Å²) in [5.41, 5.74) is 5.60. The SMILES string of the molecule is FC(F)(F)c1ccc(CNc2cc3c4c(c2)[C@@H]2CNC[C@@H]2CN4CCC3)cc1. The average molecular weight is 387 g/mol. The van der Waals surface area contributed by atoms with Crippen molar-refractivity contribution in [3.8, 4) is 0 Å². The van der Waals surface area contributed by atoms with E-state index in [1.54, 1.807) is 12.1 Å². The number of hydrogen-bond donors (Lipinski definition) is 2. The molecule has 5 rings (SSSR count). The number of anilines is 2. The minimum Gasteiger partial charge on any atom is -0.381 e. The number of nitrogens with one attached hydrogen (secondary N) is 2. The first-order valence-corrected chi connectivity index (χ1v) is 10.0. The Hall–Kier alpha value is -2.21. The van der Waals surface area contributed by atoms with Gasteiger partial charge in [0.05, 0.1) is 5.56 Å². The lowest BCUT2D eigenvalue weighted by Gasteiger charge is -2.42. The molecular formula is C22H24F3N3. The van der Waals surface area contributed by atoms with Crippen LogP contribution in [0.3, 0.4) is 0 Å². The number of benzene rings is 2. The molecule has 0 spiro atoms. The standard InChI is InChI=1S/C22H24F3N3/c23-22(24,25)17-5-3-14(4-6-17)10-27-18-8-15-2-1-7-28-13-16-11-26-12-20(16)19(9-18)21(15)28/h3-6,8-9,16,20,26-27H,1-2,7,10-13H2/t16-,20-/m1/s1. The second kappa shape index (κ2) is 6.69. The van der Waals surface area contributed by atoms with Gasteiger partial charge in [0.15, 0.2) is 0 Å². The third-order valence-electron chi connectivity index (χ3n) is 6.38. The van der Waals surface area contributed by atoms with Gasteiger partial charge in [0, 0.05) is 50.0 Å². The molecule has 0 aliphatic carbocycles. The molecule has 3 aliphatic heterocycles. The lowest BCUT2D eigenvalue weighted by atomic mass is 9.80. The summed E-state index contributed by atoms with van der Waals surface area (Å²) in [7, 11) is 0. The van der Waals surface area contributed by atoms with Gasteiger partial charge in [-0.25, -0.2) is 0 Å². The monoisotopic (exact) mass is 387 g/mol. The maximum Gasteiger partial charge on any atom is 0.416 e. The van der Waals surface area contributed by atoms with Gasteiger partial charge in [0.1, 0.15) is 0 Å². The van der Waals surface area contributed by atoms with Crippen molar-refractivity contribution in [3.05, 3.63) is 58.7 Å². The molecule has 0 radical (unpaired) electrons. The minimum absolute atomic E-state index is 0.520. The van der Waals surface area contributed by atoms with E-state index in [1.807, 2.05) is 0 Å². The normalized spacial score (nSPS) is 23.3. The zero-order valence-corrected chi connectivity index (χ0v) is 15.6. The number of fused-ring (bicyclic) bond motifs is 2. The second-order valence-corrected chi connectivity index (χ2v) is 8.20. The number of rotatable bonds is 3. The third kappa shape index (κ3) is 3.13. The van der Waals surface area contributed by atoms with Crippen molar-refractivity contribution >= 4 is 11.4 Å². The molecule has 148 valence electrons. The summed E-state index contributed by atoms with van der Waals surface area (Å²) in [6, 6.07) is 9.91. The van der Waals surface area contributed by atoms with Crippen molar-refractivity contribution in [1.29, 1.82) is 0 Å². The van der Waals surface area contributed by atoms with Crippen LogP contribution in [0.15, 0.2) is 36.4 Å². The zero-order chi connectivity index (χ0) is 19.3. The summed E-state index contributed by atoms with van der Waals surface area (Å²) in [5.74, 6) is 1.24. The summed E-state index contributed by atoms with van der Waals surface area (Å²) in [5, 5.41) is 6.99. The van der Waals surface area contributed by atoms with E-state index in [1.165, 1.54) is 23.2 Å². The van der Waals surface area contributed by atoms with Crippen LogP contribution in [-0.2, 0) is 19.1 Å². The molecule has 3 heterocycles. The molecule has 0 unspecified atom stereocenters. The van der Waals surface area contributed by atoms with Gasteiger partial charge < -0.3 is 15.5 Å². The maximum absolute atomic E-state index is 12.7. The predicted octanol–water partition coefficient (Wildman–Crippen LogP) is 4.39. The van der Waals surface area contributed by atoms with Gasteiger partial charge >= 0.3 is 6.18 Å². The Morgan fingerprint density at radius 2 is 1.93 bits per heavy atom. The molecule has 0 saturated carbocycles. The van der Waals surface area contributed by atoms with E-state index in [4.69, 9.17) is 0 Å². The highest BCUT2D eigenvalue weighted by molar-refractivity contribution is 5.70. The van der Waals surface area contributed by atoms with E-state index in [-0.39, 0.29) is 0 Å². The van der Waals surface area contributed by atoms with Crippen LogP contribution in [0.1, 0.15) is 34.6 Å². The number of nitrogens with zero attached hydrogens (tertiary/aromatic N) is 1. The molecule has 2 N–H and O–H groups in total. The number of hydrogen-bond acceptors (Lipinski definition) is 3. The molecule has 3 nitrogen and oxygen atoms in total. The number of alkyl halides is 3. The molecule has 28 heavy (non-hydrogen) atoms. The van der Waals surface area contributed by atoms with Crippen LogP contribution in [0.5, 0.6) is 0 Å². The van der Waals surface area contributed by atoms with Gasteiger partial charge in [-0.2, -0.15) is 13.2 Å². The molecule has 6 heteroatoms. The highest BCUT2D eigenvalue weighted by Gasteiger charge is 2.38. The third-order valence-corrected chi connectivity index (χ3v) is 6.38. The lowest BCUT2D eigenvalue weighted by Crippen LogP contribution is -2.41. The fraction of sp³-hybridized carbons (Fsp3) is 0.455. The van der Waals surface area contributed by atoms with E-state index in [0.29, 0.717) is 18.4 Å². The van der Waals surface area contributed by atoms with Crippen LogP contribution in [0.25, 0.3) is 0 Å². The molecule has 0 bridgehead atoms. The molecule has 3 aliphatic rings. The second-order valence-electron chi connectivity index (χ2n) is 8.20.